The van der Waals surface area contributed by atoms with Crippen LogP contribution in [0.4, 0.5) is 4.39 Å². The molecule has 1 fully saturated rings. The van der Waals surface area contributed by atoms with Gasteiger partial charge in [0.25, 0.3) is 5.91 Å². The summed E-state index contributed by atoms with van der Waals surface area (Å²) in [6, 6.07) is 4.14. The molecule has 0 bridgehead atoms. The Labute approximate surface area is 147 Å². The average Bonchev–Trinajstić information content (AvgIpc) is 3.05. The third-order valence-electron chi connectivity index (χ3n) is 4.02. The van der Waals surface area contributed by atoms with Crippen molar-refractivity contribution in [3.05, 3.63) is 34.5 Å². The Hall–Kier alpha value is -2.00. The molecule has 1 aromatic carbocycles. The Morgan fingerprint density at radius 2 is 2.16 bits per heavy atom. The lowest BCUT2D eigenvalue weighted by Gasteiger charge is -2.10. The largest absolute Gasteiger partial charge is 0.451 e. The highest BCUT2D eigenvalue weighted by molar-refractivity contribution is 7.91. The highest BCUT2D eigenvalue weighted by Gasteiger charge is 2.29. The maximum absolute atomic E-state index is 13.9. The third-order valence-corrected chi connectivity index (χ3v) is 7.03. The molecule has 2 heterocycles. The number of esters is 1. The van der Waals surface area contributed by atoms with Crippen molar-refractivity contribution in [1.82, 2.24) is 5.32 Å². The summed E-state index contributed by atoms with van der Waals surface area (Å²) in [7, 11) is -3.10. The van der Waals surface area contributed by atoms with Gasteiger partial charge in [-0.3, -0.25) is 4.79 Å². The second-order valence-electron chi connectivity index (χ2n) is 5.91. The van der Waals surface area contributed by atoms with Crippen molar-refractivity contribution < 1.29 is 27.1 Å². The molecule has 3 rings (SSSR count). The number of carbonyl (C=O) groups excluding carboxylic acids is 2. The zero-order valence-electron chi connectivity index (χ0n) is 13.4. The summed E-state index contributed by atoms with van der Waals surface area (Å²) in [5, 5.41) is 2.91. The number of hydrogen-bond acceptors (Lipinski definition) is 6. The van der Waals surface area contributed by atoms with E-state index in [0.29, 0.717) is 22.1 Å². The molecule has 0 radical (unpaired) electrons. The molecule has 0 unspecified atom stereocenters. The SMILES string of the molecule is Cc1c(C(=O)OCC(=O)N[C@H]2CCS(=O)(=O)C2)sc2cccc(F)c12. The quantitative estimate of drug-likeness (QED) is 0.811. The summed E-state index contributed by atoms with van der Waals surface area (Å²) in [6.07, 6.45) is 0.358. The molecular weight excluding hydrogens is 369 g/mol. The summed E-state index contributed by atoms with van der Waals surface area (Å²) in [4.78, 5) is 24.2. The molecule has 1 N–H and O–H groups in total. The van der Waals surface area contributed by atoms with Crippen molar-refractivity contribution in [3.63, 3.8) is 0 Å². The van der Waals surface area contributed by atoms with Crippen LogP contribution in [-0.2, 0) is 19.4 Å². The van der Waals surface area contributed by atoms with Crippen LogP contribution in [-0.4, -0.2) is 44.4 Å². The second-order valence-corrected chi connectivity index (χ2v) is 9.19. The van der Waals surface area contributed by atoms with Crippen molar-refractivity contribution in [3.8, 4) is 0 Å². The molecule has 1 aromatic heterocycles. The first-order valence-electron chi connectivity index (χ1n) is 7.61. The van der Waals surface area contributed by atoms with E-state index < -0.39 is 40.2 Å². The van der Waals surface area contributed by atoms with Gasteiger partial charge in [0, 0.05) is 16.1 Å². The first-order valence-corrected chi connectivity index (χ1v) is 10.2. The number of benzene rings is 1. The molecule has 1 aliphatic rings. The molecule has 1 amide bonds. The summed E-state index contributed by atoms with van der Waals surface area (Å²) >= 11 is 1.10. The smallest absolute Gasteiger partial charge is 0.349 e. The zero-order chi connectivity index (χ0) is 18.2. The van der Waals surface area contributed by atoms with E-state index in [9.17, 15) is 22.4 Å². The molecule has 1 saturated heterocycles. The fourth-order valence-electron chi connectivity index (χ4n) is 2.82. The Morgan fingerprint density at radius 1 is 1.40 bits per heavy atom. The van der Waals surface area contributed by atoms with Gasteiger partial charge in [-0.1, -0.05) is 6.07 Å². The number of aryl methyl sites for hydroxylation is 1. The van der Waals surface area contributed by atoms with Gasteiger partial charge >= 0.3 is 5.97 Å². The number of halogens is 1. The van der Waals surface area contributed by atoms with Gasteiger partial charge in [-0.15, -0.1) is 11.3 Å². The van der Waals surface area contributed by atoms with Crippen molar-refractivity contribution >= 4 is 43.1 Å². The number of sulfone groups is 1. The summed E-state index contributed by atoms with van der Waals surface area (Å²) in [6.45, 7) is 1.12. The van der Waals surface area contributed by atoms with Gasteiger partial charge in [-0.05, 0) is 31.0 Å². The van der Waals surface area contributed by atoms with Gasteiger partial charge in [-0.2, -0.15) is 0 Å². The predicted octanol–water partition coefficient (Wildman–Crippen LogP) is 1.81. The van der Waals surface area contributed by atoms with E-state index >= 15 is 0 Å². The van der Waals surface area contributed by atoms with Crippen LogP contribution in [0.5, 0.6) is 0 Å². The van der Waals surface area contributed by atoms with E-state index in [0.717, 1.165) is 11.3 Å². The van der Waals surface area contributed by atoms with Crippen LogP contribution in [0.3, 0.4) is 0 Å². The minimum atomic E-state index is -3.10. The molecule has 1 aliphatic heterocycles. The third kappa shape index (κ3) is 3.82. The summed E-state index contributed by atoms with van der Waals surface area (Å²) in [5.74, 6) is -1.72. The first-order chi connectivity index (χ1) is 11.8. The monoisotopic (exact) mass is 385 g/mol. The van der Waals surface area contributed by atoms with Gasteiger partial charge in [0.1, 0.15) is 10.7 Å². The molecule has 1 atom stereocenters. The number of hydrogen-bond donors (Lipinski definition) is 1. The molecule has 0 spiro atoms. The summed E-state index contributed by atoms with van der Waals surface area (Å²) < 4.78 is 42.2. The Balaban J connectivity index is 1.62. The highest BCUT2D eigenvalue weighted by Crippen LogP contribution is 2.32. The minimum absolute atomic E-state index is 0.0459. The van der Waals surface area contributed by atoms with Crippen LogP contribution < -0.4 is 5.32 Å². The molecule has 6 nitrogen and oxygen atoms in total. The fraction of sp³-hybridized carbons (Fsp3) is 0.375. The van der Waals surface area contributed by atoms with Crippen molar-refractivity contribution in [1.29, 1.82) is 0 Å². The lowest BCUT2D eigenvalue weighted by atomic mass is 10.1. The van der Waals surface area contributed by atoms with Crippen LogP contribution >= 0.6 is 11.3 Å². The van der Waals surface area contributed by atoms with Crippen LogP contribution in [0, 0.1) is 12.7 Å². The van der Waals surface area contributed by atoms with Gasteiger partial charge < -0.3 is 10.1 Å². The molecular formula is C16H16FNO5S2. The maximum atomic E-state index is 13.9. The molecule has 134 valence electrons. The van der Waals surface area contributed by atoms with E-state index in [1.807, 2.05) is 0 Å². The second kappa shape index (κ2) is 6.72. The number of rotatable bonds is 4. The number of fused-ring (bicyclic) bond motifs is 1. The Morgan fingerprint density at radius 3 is 2.80 bits per heavy atom. The van der Waals surface area contributed by atoms with E-state index in [1.54, 1.807) is 19.1 Å². The van der Waals surface area contributed by atoms with Crippen LogP contribution in [0.15, 0.2) is 18.2 Å². The summed E-state index contributed by atoms with van der Waals surface area (Å²) in [5.41, 5.74) is 0.477. The van der Waals surface area contributed by atoms with E-state index in [-0.39, 0.29) is 16.4 Å². The zero-order valence-corrected chi connectivity index (χ0v) is 15.0. The van der Waals surface area contributed by atoms with Crippen molar-refractivity contribution in [2.75, 3.05) is 18.1 Å². The van der Waals surface area contributed by atoms with E-state index in [4.69, 9.17) is 4.74 Å². The number of carbonyl (C=O) groups is 2. The van der Waals surface area contributed by atoms with E-state index in [2.05, 4.69) is 5.32 Å². The van der Waals surface area contributed by atoms with Crippen molar-refractivity contribution in [2.24, 2.45) is 0 Å². The Bertz CT molecular complexity index is 951. The van der Waals surface area contributed by atoms with Crippen LogP contribution in [0.2, 0.25) is 0 Å². The van der Waals surface area contributed by atoms with E-state index in [1.165, 1.54) is 6.07 Å². The van der Waals surface area contributed by atoms with Gasteiger partial charge in [0.15, 0.2) is 16.4 Å². The highest BCUT2D eigenvalue weighted by atomic mass is 32.2. The lowest BCUT2D eigenvalue weighted by Crippen LogP contribution is -2.38. The minimum Gasteiger partial charge on any atom is -0.451 e. The molecule has 9 heteroatoms. The maximum Gasteiger partial charge on any atom is 0.349 e. The molecule has 0 aliphatic carbocycles. The molecule has 2 aromatic rings. The topological polar surface area (TPSA) is 89.5 Å². The average molecular weight is 385 g/mol. The number of ether oxygens (including phenoxy) is 1. The van der Waals surface area contributed by atoms with Crippen LogP contribution in [0.25, 0.3) is 10.1 Å². The normalized spacial score (nSPS) is 19.0. The Kier molecular flexibility index (Phi) is 4.79. The lowest BCUT2D eigenvalue weighted by molar-refractivity contribution is -0.124. The van der Waals surface area contributed by atoms with Crippen LogP contribution in [0.1, 0.15) is 21.7 Å². The standard InChI is InChI=1S/C16H16FNO5S2/c1-9-14-11(17)3-2-4-12(14)24-15(9)16(20)23-7-13(19)18-10-5-6-25(21,22)8-10/h2-4,10H,5-8H2,1H3,(H,18,19)/t10-/m0/s1. The fourth-order valence-corrected chi connectivity index (χ4v) is 5.61. The number of nitrogens with one attached hydrogen (secondary N) is 1. The molecule has 0 saturated carbocycles. The number of amides is 1. The van der Waals surface area contributed by atoms with Gasteiger partial charge in [0.2, 0.25) is 0 Å². The predicted molar refractivity (Wildman–Crippen MR) is 92.0 cm³/mol. The van der Waals surface area contributed by atoms with Crippen molar-refractivity contribution in [2.45, 2.75) is 19.4 Å². The molecule has 25 heavy (non-hydrogen) atoms. The van der Waals surface area contributed by atoms with Gasteiger partial charge in [0.05, 0.1) is 11.5 Å². The first kappa shape index (κ1) is 17.8. The number of thiophene rings is 1. The van der Waals surface area contributed by atoms with Gasteiger partial charge in [-0.25, -0.2) is 17.6 Å².